The molecule has 4 heterocycles. The summed E-state index contributed by atoms with van der Waals surface area (Å²) in [5.74, 6) is -12.2. The van der Waals surface area contributed by atoms with Gasteiger partial charge in [-0.15, -0.1) is 0 Å². The number of benzene rings is 1. The largest absolute Gasteiger partial charge is 0.465 e. The molecule has 3 aromatic rings. The van der Waals surface area contributed by atoms with E-state index in [1.165, 1.54) is 74.8 Å². The van der Waals surface area contributed by atoms with Crippen LogP contribution in [-0.4, -0.2) is 129 Å². The molecule has 1 saturated heterocycles. The Bertz CT molecular complexity index is 2460. The molecule has 67 heavy (non-hydrogen) atoms. The van der Waals surface area contributed by atoms with Gasteiger partial charge in [0.2, 0.25) is 0 Å². The number of carbonyl (C=O) groups is 8. The van der Waals surface area contributed by atoms with Crippen molar-refractivity contribution < 1.29 is 86.1 Å². The SMILES string of the molecule is CC(=O)OC[C@]12[C@H](OC(C)=O)[C@H](OC(C)=O)[C@@H]3[C@@H](OC(=O)c4ccccc4)[C@@]14O[C@@]3(C)COC(=O)c1cccnc1[C@@H](C)[C@H](C)C(=O)O[C@@H]([C@H](OC(=O)c1cccnc1)[C@@H]2OC(C)=O)[C@]4(C)O. The molecule has 0 radical (unpaired) electrons. The van der Waals surface area contributed by atoms with E-state index in [1.807, 2.05) is 0 Å². The minimum Gasteiger partial charge on any atom is -0.465 e. The number of nitrogens with zero attached hydrogens (tertiary/aromatic N) is 2. The van der Waals surface area contributed by atoms with Gasteiger partial charge >= 0.3 is 47.8 Å². The summed E-state index contributed by atoms with van der Waals surface area (Å²) in [5, 5.41) is 13.9. The van der Waals surface area contributed by atoms with E-state index in [4.69, 9.17) is 42.6 Å². The second kappa shape index (κ2) is 18.1. The maximum atomic E-state index is 14.8. The van der Waals surface area contributed by atoms with Gasteiger partial charge in [-0.3, -0.25) is 33.9 Å². The van der Waals surface area contributed by atoms with Gasteiger partial charge in [0.1, 0.15) is 42.0 Å². The van der Waals surface area contributed by atoms with E-state index < -0.39 is 138 Å². The van der Waals surface area contributed by atoms with Crippen molar-refractivity contribution in [3.05, 3.63) is 95.6 Å². The highest BCUT2D eigenvalue weighted by atomic mass is 16.7. The van der Waals surface area contributed by atoms with E-state index in [0.29, 0.717) is 0 Å². The third kappa shape index (κ3) is 8.15. The van der Waals surface area contributed by atoms with Crippen LogP contribution in [0, 0.1) is 17.3 Å². The van der Waals surface area contributed by atoms with Crippen LogP contribution in [0.15, 0.2) is 73.2 Å². The van der Waals surface area contributed by atoms with E-state index >= 15 is 0 Å². The lowest BCUT2D eigenvalue weighted by atomic mass is 9.45. The van der Waals surface area contributed by atoms with Crippen LogP contribution in [0.4, 0.5) is 0 Å². The van der Waals surface area contributed by atoms with Crippen LogP contribution < -0.4 is 0 Å². The zero-order valence-electron chi connectivity index (χ0n) is 37.8. The summed E-state index contributed by atoms with van der Waals surface area (Å²) in [6.07, 6.45) is -8.69. The molecular weight excluding hydrogens is 881 g/mol. The Balaban J connectivity index is 1.64. The van der Waals surface area contributed by atoms with Gasteiger partial charge in [-0.1, -0.05) is 32.0 Å². The van der Waals surface area contributed by atoms with E-state index in [2.05, 4.69) is 9.97 Å². The summed E-state index contributed by atoms with van der Waals surface area (Å²) < 4.78 is 56.4. The third-order valence-corrected chi connectivity index (χ3v) is 13.2. The molecule has 0 unspecified atom stereocenters. The zero-order chi connectivity index (χ0) is 48.8. The van der Waals surface area contributed by atoms with Crippen LogP contribution in [0.25, 0.3) is 0 Å². The first-order valence-corrected chi connectivity index (χ1v) is 21.4. The van der Waals surface area contributed by atoms with Crippen LogP contribution >= 0.6 is 0 Å². The zero-order valence-corrected chi connectivity index (χ0v) is 37.8. The van der Waals surface area contributed by atoms with Crippen molar-refractivity contribution >= 4 is 47.8 Å². The highest BCUT2D eigenvalue weighted by Gasteiger charge is 2.92. The number of cyclic esters (lactones) is 1. The van der Waals surface area contributed by atoms with Crippen LogP contribution in [-0.2, 0) is 66.6 Å². The first-order valence-electron chi connectivity index (χ1n) is 21.4. The van der Waals surface area contributed by atoms with Crippen LogP contribution in [0.2, 0.25) is 0 Å². The highest BCUT2D eigenvalue weighted by molar-refractivity contribution is 5.92. The fourth-order valence-corrected chi connectivity index (χ4v) is 10.3. The number of aliphatic hydroxyl groups is 1. The monoisotopic (exact) mass is 930 g/mol. The van der Waals surface area contributed by atoms with Gasteiger partial charge in [-0.25, -0.2) is 14.4 Å². The second-order valence-corrected chi connectivity index (χ2v) is 17.5. The van der Waals surface area contributed by atoms with Gasteiger partial charge in [0, 0.05) is 52.2 Å². The number of pyridine rings is 2. The Morgan fingerprint density at radius 1 is 0.716 bits per heavy atom. The molecule has 356 valence electrons. The molecule has 20 nitrogen and oxygen atoms in total. The summed E-state index contributed by atoms with van der Waals surface area (Å²) in [6.45, 7) is 7.58. The molecule has 20 heteroatoms. The minimum atomic E-state index is -2.94. The van der Waals surface area contributed by atoms with Crippen molar-refractivity contribution in [3.63, 3.8) is 0 Å². The number of fused-ring (bicyclic) bond motifs is 5. The van der Waals surface area contributed by atoms with Crippen LogP contribution in [0.5, 0.6) is 0 Å². The maximum absolute atomic E-state index is 14.8. The number of esters is 8. The molecule has 1 spiro atoms. The van der Waals surface area contributed by atoms with E-state index in [9.17, 15) is 43.5 Å². The molecule has 0 amide bonds. The summed E-state index contributed by atoms with van der Waals surface area (Å²) in [7, 11) is 0. The number of rotatable bonds is 9. The van der Waals surface area contributed by atoms with Gasteiger partial charge < -0.3 is 47.7 Å². The molecule has 7 rings (SSSR count). The fraction of sp³-hybridized carbons (Fsp3) is 0.489. The average molecular weight is 931 g/mol. The van der Waals surface area contributed by atoms with E-state index in [-0.39, 0.29) is 22.4 Å². The Kier molecular flexibility index (Phi) is 13.0. The molecule has 3 fully saturated rings. The fourth-order valence-electron chi connectivity index (χ4n) is 10.3. The van der Waals surface area contributed by atoms with Crippen molar-refractivity contribution in [3.8, 4) is 0 Å². The highest BCUT2D eigenvalue weighted by Crippen LogP contribution is 2.70. The Labute approximate surface area is 383 Å². The van der Waals surface area contributed by atoms with Crippen molar-refractivity contribution in [1.82, 2.24) is 9.97 Å². The molecular formula is C47H50N2O18. The lowest BCUT2D eigenvalue weighted by Crippen LogP contribution is -2.89. The molecule has 4 bridgehead atoms. The Morgan fingerprint density at radius 2 is 1.33 bits per heavy atom. The second-order valence-electron chi connectivity index (χ2n) is 17.5. The first kappa shape index (κ1) is 48.1. The number of ether oxygens (including phenoxy) is 9. The smallest absolute Gasteiger partial charge is 0.340 e. The van der Waals surface area contributed by atoms with Crippen LogP contribution in [0.3, 0.4) is 0 Å². The molecule has 1 N–H and O–H groups in total. The summed E-state index contributed by atoms with van der Waals surface area (Å²) in [6, 6.07) is 13.2. The normalized spacial score (nSPS) is 34.1. The van der Waals surface area contributed by atoms with Gasteiger partial charge in [-0.2, -0.15) is 0 Å². The van der Waals surface area contributed by atoms with E-state index in [0.717, 1.165) is 40.8 Å². The number of hydrogen-bond donors (Lipinski definition) is 1. The third-order valence-electron chi connectivity index (χ3n) is 13.2. The van der Waals surface area contributed by atoms with Gasteiger partial charge in [0.15, 0.2) is 30.0 Å². The van der Waals surface area contributed by atoms with Gasteiger partial charge in [0.25, 0.3) is 0 Å². The van der Waals surface area contributed by atoms with E-state index in [1.54, 1.807) is 13.0 Å². The lowest BCUT2D eigenvalue weighted by Gasteiger charge is -2.67. The van der Waals surface area contributed by atoms with Crippen molar-refractivity contribution in [2.24, 2.45) is 17.3 Å². The number of carbonyl (C=O) groups excluding carboxylic acids is 8. The first-order chi connectivity index (χ1) is 31.6. The van der Waals surface area contributed by atoms with Gasteiger partial charge in [-0.05, 0) is 50.2 Å². The number of hydrogen-bond acceptors (Lipinski definition) is 20. The van der Waals surface area contributed by atoms with Crippen molar-refractivity contribution in [2.45, 2.75) is 115 Å². The standard InChI is InChI=1S/C47H50N2O18/c1-23-24(2)40(54)66-37-35(64-42(56)30-16-12-18-48-20-30)39(63-28(6)53)46(22-59-25(3)50)38(62-27(5)52)34(61-26(4)51)32-36(65-41(55)29-14-10-9-11-15-29)47(46,45(37,8)58)67-44(32,7)21-60-43(57)31-17-13-19-49-33(23)31/h9-20,23-24,32,34-39,58H,21-22H2,1-8H3/t23-,24-,32+,34+,35-,36+,37-,38+,39-,44-,45-,46+,47-/m0/s1. The Hall–Kier alpha value is -6.80. The lowest BCUT2D eigenvalue weighted by molar-refractivity contribution is -0.385. The molecule has 2 aliphatic heterocycles. The summed E-state index contributed by atoms with van der Waals surface area (Å²) >= 11 is 0. The molecule has 1 aromatic carbocycles. The Morgan fingerprint density at radius 3 is 1.94 bits per heavy atom. The predicted molar refractivity (Wildman–Crippen MR) is 223 cm³/mol. The molecule has 2 saturated carbocycles. The summed E-state index contributed by atoms with van der Waals surface area (Å²) in [5.41, 5.74) is -10.8. The molecule has 13 atom stereocenters. The van der Waals surface area contributed by atoms with Crippen molar-refractivity contribution in [2.75, 3.05) is 13.2 Å². The predicted octanol–water partition coefficient (Wildman–Crippen LogP) is 3.02. The average Bonchev–Trinajstić information content (AvgIpc) is 3.51. The molecule has 4 aliphatic rings. The summed E-state index contributed by atoms with van der Waals surface area (Å²) in [4.78, 5) is 120. The quantitative estimate of drug-likeness (QED) is 0.239. The molecule has 2 aliphatic carbocycles. The maximum Gasteiger partial charge on any atom is 0.340 e. The number of aromatic nitrogens is 2. The van der Waals surface area contributed by atoms with Crippen LogP contribution in [0.1, 0.15) is 98.1 Å². The van der Waals surface area contributed by atoms with Gasteiger partial charge in [0.05, 0.1) is 34.2 Å². The minimum absolute atomic E-state index is 0.0424. The molecule has 2 aromatic heterocycles. The van der Waals surface area contributed by atoms with Crippen molar-refractivity contribution in [1.29, 1.82) is 0 Å². The topological polar surface area (TPSA) is 266 Å².